The average Bonchev–Trinajstić information content (AvgIpc) is 2.27. The van der Waals surface area contributed by atoms with E-state index in [0.29, 0.717) is 17.6 Å². The van der Waals surface area contributed by atoms with Crippen molar-refractivity contribution in [1.29, 1.82) is 0 Å². The molecule has 0 fully saturated rings. The molecule has 0 saturated heterocycles. The summed E-state index contributed by atoms with van der Waals surface area (Å²) in [6, 6.07) is 2.80. The van der Waals surface area contributed by atoms with E-state index in [0.717, 1.165) is 0 Å². The van der Waals surface area contributed by atoms with Crippen LogP contribution in [0.15, 0.2) is 12.1 Å². The lowest BCUT2D eigenvalue weighted by Gasteiger charge is -2.20. The number of nitrogens with one attached hydrogen (secondary N) is 1. The molecule has 90 valence electrons. The average molecular weight is 251 g/mol. The van der Waals surface area contributed by atoms with Gasteiger partial charge in [-0.05, 0) is 18.9 Å². The summed E-state index contributed by atoms with van der Waals surface area (Å²) in [5, 5.41) is 21.8. The van der Waals surface area contributed by atoms with Crippen LogP contribution in [-0.2, 0) is 0 Å². The van der Waals surface area contributed by atoms with Gasteiger partial charge in [0.05, 0.1) is 5.37 Å². The van der Waals surface area contributed by atoms with Crippen molar-refractivity contribution in [3.05, 3.63) is 23.3 Å². The van der Waals surface area contributed by atoms with Gasteiger partial charge in [-0.25, -0.2) is 4.79 Å². The topological polar surface area (TPSA) is 69.6 Å². The van der Waals surface area contributed by atoms with Crippen LogP contribution in [0.5, 0.6) is 5.75 Å². The quantitative estimate of drug-likeness (QED) is 0.534. The molecule has 6 heteroatoms. The zero-order valence-electron chi connectivity index (χ0n) is 9.73. The van der Waals surface area contributed by atoms with Crippen molar-refractivity contribution in [2.45, 2.75) is 12.3 Å². The largest absolute Gasteiger partial charge is 0.507 e. The fraction of sp³-hybridized carbons (Fsp3) is 0.364. The highest BCUT2D eigenvalue weighted by atomic mass is 32.2. The van der Waals surface area contributed by atoms with Crippen LogP contribution in [0, 0.1) is 0 Å². The molecule has 3 N–H and O–H groups in total. The van der Waals surface area contributed by atoms with Gasteiger partial charge in [0, 0.05) is 5.56 Å². The molecule has 0 aliphatic rings. The maximum Gasteiger partial charge on any atom is 0.339 e. The summed E-state index contributed by atoms with van der Waals surface area (Å²) in [5.74, 6) is -1.43. The second-order valence-electron chi connectivity index (χ2n) is 3.44. The molecule has 0 aliphatic heterocycles. The SMILES string of the molecule is [B]c1ccc(C(=O)O)c(O)c1C(NCC)SC. The Morgan fingerprint density at radius 2 is 2.24 bits per heavy atom. The molecule has 0 aliphatic carbocycles. The number of hydrogen-bond acceptors (Lipinski definition) is 4. The van der Waals surface area contributed by atoms with Crippen LogP contribution in [0.1, 0.15) is 28.2 Å². The van der Waals surface area contributed by atoms with E-state index >= 15 is 0 Å². The lowest BCUT2D eigenvalue weighted by Crippen LogP contribution is -2.25. The molecule has 1 aromatic rings. The number of carbonyl (C=O) groups is 1. The van der Waals surface area contributed by atoms with Crippen LogP contribution in [-0.4, -0.2) is 36.8 Å². The van der Waals surface area contributed by atoms with Crippen LogP contribution < -0.4 is 10.8 Å². The minimum absolute atomic E-state index is 0.133. The molecule has 1 unspecified atom stereocenters. The summed E-state index contributed by atoms with van der Waals surface area (Å²) >= 11 is 1.45. The van der Waals surface area contributed by atoms with E-state index < -0.39 is 5.97 Å². The first kappa shape index (κ1) is 13.9. The molecule has 0 spiro atoms. The molecule has 17 heavy (non-hydrogen) atoms. The highest BCUT2D eigenvalue weighted by molar-refractivity contribution is 7.98. The van der Waals surface area contributed by atoms with E-state index in [1.807, 2.05) is 13.2 Å². The number of aromatic hydroxyl groups is 1. The number of hydrogen-bond donors (Lipinski definition) is 3. The molecule has 0 heterocycles. The molecular weight excluding hydrogens is 237 g/mol. The van der Waals surface area contributed by atoms with Crippen molar-refractivity contribution in [2.75, 3.05) is 12.8 Å². The maximum absolute atomic E-state index is 10.9. The summed E-state index contributed by atoms with van der Waals surface area (Å²) in [6.45, 7) is 2.62. The smallest absolute Gasteiger partial charge is 0.339 e. The van der Waals surface area contributed by atoms with Gasteiger partial charge in [0.15, 0.2) is 0 Å². The number of phenols is 1. The van der Waals surface area contributed by atoms with Crippen LogP contribution in [0.3, 0.4) is 0 Å². The lowest BCUT2D eigenvalue weighted by molar-refractivity contribution is 0.0693. The van der Waals surface area contributed by atoms with Gasteiger partial charge in [-0.3, -0.25) is 0 Å². The van der Waals surface area contributed by atoms with E-state index in [4.69, 9.17) is 13.0 Å². The molecule has 4 nitrogen and oxygen atoms in total. The van der Waals surface area contributed by atoms with E-state index in [1.165, 1.54) is 23.9 Å². The Morgan fingerprint density at radius 3 is 2.71 bits per heavy atom. The number of carboxylic acid groups (broad SMARTS) is 1. The fourth-order valence-electron chi connectivity index (χ4n) is 1.56. The molecule has 0 saturated carbocycles. The van der Waals surface area contributed by atoms with Crippen LogP contribution in [0.4, 0.5) is 0 Å². The molecule has 0 aromatic heterocycles. The Balaban J connectivity index is 3.29. The Labute approximate surface area is 106 Å². The van der Waals surface area contributed by atoms with Gasteiger partial charge < -0.3 is 15.5 Å². The number of rotatable bonds is 5. The summed E-state index contributed by atoms with van der Waals surface area (Å²) in [6.07, 6.45) is 1.86. The van der Waals surface area contributed by atoms with Crippen molar-refractivity contribution in [3.63, 3.8) is 0 Å². The normalized spacial score (nSPS) is 12.4. The predicted octanol–water partition coefficient (Wildman–Crippen LogP) is 0.855. The minimum Gasteiger partial charge on any atom is -0.507 e. The Morgan fingerprint density at radius 1 is 1.59 bits per heavy atom. The lowest BCUT2D eigenvalue weighted by atomic mass is 9.88. The summed E-state index contributed by atoms with van der Waals surface area (Å²) in [4.78, 5) is 10.9. The molecule has 1 atom stereocenters. The molecule has 0 amide bonds. The van der Waals surface area contributed by atoms with Gasteiger partial charge in [0.2, 0.25) is 0 Å². The van der Waals surface area contributed by atoms with Crippen molar-refractivity contribution >= 4 is 31.0 Å². The molecule has 2 radical (unpaired) electrons. The van der Waals surface area contributed by atoms with Gasteiger partial charge in [0.25, 0.3) is 0 Å². The van der Waals surface area contributed by atoms with Crippen molar-refractivity contribution in [1.82, 2.24) is 5.32 Å². The molecule has 1 aromatic carbocycles. The van der Waals surface area contributed by atoms with Crippen LogP contribution in [0.25, 0.3) is 0 Å². The number of aromatic carboxylic acids is 1. The van der Waals surface area contributed by atoms with Gasteiger partial charge >= 0.3 is 5.97 Å². The fourth-order valence-corrected chi connectivity index (χ4v) is 2.38. The standard InChI is InChI=1S/C11H14BNO3S/c1-3-13-10(17-2)8-7(12)5-4-6(9(8)14)11(15)16/h4-5,10,13-14H,3H2,1-2H3,(H,15,16). The Bertz CT molecular complexity index is 425. The predicted molar refractivity (Wildman–Crippen MR) is 70.4 cm³/mol. The summed E-state index contributed by atoms with van der Waals surface area (Å²) < 4.78 is 0. The third-order valence-electron chi connectivity index (χ3n) is 2.37. The zero-order chi connectivity index (χ0) is 13.0. The monoisotopic (exact) mass is 251 g/mol. The Hall–Kier alpha value is -1.14. The maximum atomic E-state index is 10.9. The van der Waals surface area contributed by atoms with E-state index in [1.54, 1.807) is 0 Å². The Kier molecular flexibility index (Phi) is 4.90. The van der Waals surface area contributed by atoms with Gasteiger partial charge in [-0.15, -0.1) is 11.8 Å². The van der Waals surface area contributed by atoms with Crippen LogP contribution >= 0.6 is 11.8 Å². The number of thioether (sulfide) groups is 1. The first-order valence-electron chi connectivity index (χ1n) is 5.13. The van der Waals surface area contributed by atoms with E-state index in [-0.39, 0.29) is 16.7 Å². The summed E-state index contributed by atoms with van der Waals surface area (Å²) in [5.41, 5.74) is 0.679. The zero-order valence-corrected chi connectivity index (χ0v) is 10.5. The van der Waals surface area contributed by atoms with Gasteiger partial charge in [0.1, 0.15) is 19.2 Å². The van der Waals surface area contributed by atoms with E-state index in [2.05, 4.69) is 5.32 Å². The van der Waals surface area contributed by atoms with Gasteiger partial charge in [-0.1, -0.05) is 18.5 Å². The van der Waals surface area contributed by atoms with Crippen LogP contribution in [0.2, 0.25) is 0 Å². The number of carboxylic acids is 1. The first-order valence-corrected chi connectivity index (χ1v) is 6.42. The van der Waals surface area contributed by atoms with Gasteiger partial charge in [-0.2, -0.15) is 0 Å². The highest BCUT2D eigenvalue weighted by Gasteiger charge is 2.20. The molecule has 1 rings (SSSR count). The number of benzene rings is 1. The van der Waals surface area contributed by atoms with E-state index in [9.17, 15) is 9.90 Å². The van der Waals surface area contributed by atoms with Crippen molar-refractivity contribution < 1.29 is 15.0 Å². The third-order valence-corrected chi connectivity index (χ3v) is 3.24. The summed E-state index contributed by atoms with van der Waals surface area (Å²) in [7, 11) is 5.79. The third kappa shape index (κ3) is 2.95. The second-order valence-corrected chi connectivity index (χ2v) is 4.39. The molecular formula is C11H14BNO3S. The first-order chi connectivity index (χ1) is 8.02. The molecule has 0 bridgehead atoms. The van der Waals surface area contributed by atoms with Crippen molar-refractivity contribution in [3.8, 4) is 5.75 Å². The second kappa shape index (κ2) is 5.98. The van der Waals surface area contributed by atoms with Crippen molar-refractivity contribution in [2.24, 2.45) is 0 Å². The minimum atomic E-state index is -1.17. The highest BCUT2D eigenvalue weighted by Crippen LogP contribution is 2.31.